The molecule has 4 heteroatoms. The van der Waals surface area contributed by atoms with E-state index in [1.165, 1.54) is 0 Å². The van der Waals surface area contributed by atoms with Crippen LogP contribution < -0.4 is 4.74 Å². The standard InChI is InChI=1S/C25H28O3S/c1-3-4-19-27-23-17-15-22(16-18-23)20-29(28-21(2)26,24-11-7-5-8-12-24)25-13-9-6-10-14-25/h5-18H,3-4,19-20H2,1-2H3/p+1. The number of hydrogen-bond donors (Lipinski definition) is 0. The van der Waals surface area contributed by atoms with E-state index in [2.05, 4.69) is 43.3 Å². The predicted octanol–water partition coefficient (Wildman–Crippen LogP) is 6.74. The molecule has 3 aromatic rings. The lowest BCUT2D eigenvalue weighted by Gasteiger charge is -2.32. The Hall–Kier alpha value is -2.72. The Labute approximate surface area is 175 Å². The van der Waals surface area contributed by atoms with Crippen LogP contribution in [0.3, 0.4) is 0 Å². The maximum absolute atomic E-state index is 10.1. The molecule has 0 amide bonds. The second-order valence-corrected chi connectivity index (χ2v) is 9.64. The average molecular weight is 410 g/mol. The van der Waals surface area contributed by atoms with E-state index in [-0.39, 0.29) is 5.97 Å². The lowest BCUT2D eigenvalue weighted by molar-refractivity contribution is 0.309. The molecule has 0 aliphatic rings. The quantitative estimate of drug-likeness (QED) is 0.290. The highest BCUT2D eigenvalue weighted by atomic mass is 32.3. The van der Waals surface area contributed by atoms with Crippen molar-refractivity contribution in [3.63, 3.8) is 0 Å². The highest BCUT2D eigenvalue weighted by molar-refractivity contribution is 8.29. The third-order valence-electron chi connectivity index (χ3n) is 4.57. The first kappa shape index (κ1) is 21.0. The number of ether oxygens (including phenoxy) is 1. The summed E-state index contributed by atoms with van der Waals surface area (Å²) in [5, 5.41) is 0. The molecule has 0 atom stereocenters. The fourth-order valence-electron chi connectivity index (χ4n) is 3.17. The van der Waals surface area contributed by atoms with Crippen molar-refractivity contribution in [2.24, 2.45) is 0 Å². The summed E-state index contributed by atoms with van der Waals surface area (Å²) >= 11 is 0. The molecule has 3 nitrogen and oxygen atoms in total. The molecule has 1 N–H and O–H groups in total. The minimum Gasteiger partial charge on any atom is -0.494 e. The molecule has 29 heavy (non-hydrogen) atoms. The van der Waals surface area contributed by atoms with Gasteiger partial charge in [0.25, 0.3) is 0 Å². The van der Waals surface area contributed by atoms with Gasteiger partial charge in [0.05, 0.1) is 39.4 Å². The number of unbranched alkanes of at least 4 members (excludes halogenated alkanes) is 1. The predicted molar refractivity (Wildman–Crippen MR) is 121 cm³/mol. The molecule has 0 unspecified atom stereocenters. The number of carbonyl (C=O) groups excluding carboxylic acids is 1. The maximum atomic E-state index is 10.1. The lowest BCUT2D eigenvalue weighted by Crippen LogP contribution is -2.13. The summed E-state index contributed by atoms with van der Waals surface area (Å²) in [6.07, 6.45) is 2.17. The molecule has 0 aromatic heterocycles. The second-order valence-electron chi connectivity index (χ2n) is 6.89. The molecular formula is C25H29O3S+. The van der Waals surface area contributed by atoms with Crippen molar-refractivity contribution >= 4 is 16.3 Å². The minimum absolute atomic E-state index is 0.0211. The molecule has 0 spiro atoms. The number of benzene rings is 3. The summed E-state index contributed by atoms with van der Waals surface area (Å²) in [5.74, 6) is 1.52. The zero-order chi connectivity index (χ0) is 20.5. The summed E-state index contributed by atoms with van der Waals surface area (Å²) in [4.78, 5) is 12.3. The van der Waals surface area contributed by atoms with Gasteiger partial charge in [-0.1, -0.05) is 61.9 Å². The molecule has 152 valence electrons. The van der Waals surface area contributed by atoms with Gasteiger partial charge >= 0.3 is 5.97 Å². The molecule has 0 fully saturated rings. The van der Waals surface area contributed by atoms with Crippen LogP contribution in [0.2, 0.25) is 0 Å². The van der Waals surface area contributed by atoms with Crippen molar-refractivity contribution in [2.75, 3.05) is 6.61 Å². The maximum Gasteiger partial charge on any atom is 0.492 e. The van der Waals surface area contributed by atoms with E-state index in [1.807, 2.05) is 48.5 Å². The summed E-state index contributed by atoms with van der Waals surface area (Å²) < 4.78 is 12.0. The van der Waals surface area contributed by atoms with E-state index in [4.69, 9.17) is 8.92 Å². The van der Waals surface area contributed by atoms with Crippen LogP contribution in [0.5, 0.6) is 5.75 Å². The lowest BCUT2D eigenvalue weighted by atomic mass is 10.2. The van der Waals surface area contributed by atoms with E-state index in [1.54, 1.807) is 6.92 Å². The number of hydrogen-bond acceptors (Lipinski definition) is 2. The van der Waals surface area contributed by atoms with Gasteiger partial charge in [-0.2, -0.15) is 0 Å². The van der Waals surface area contributed by atoms with Gasteiger partial charge in [-0.15, -0.1) is 0 Å². The van der Waals surface area contributed by atoms with E-state index in [9.17, 15) is 4.79 Å². The Morgan fingerprint density at radius 1 is 0.828 bits per heavy atom. The molecule has 0 aliphatic carbocycles. The molecule has 0 radical (unpaired) electrons. The van der Waals surface area contributed by atoms with E-state index in [0.29, 0.717) is 5.75 Å². The second kappa shape index (κ2) is 10.2. The van der Waals surface area contributed by atoms with E-state index < -0.39 is 10.3 Å². The Bertz CT molecular complexity index is 853. The monoisotopic (exact) mass is 409 g/mol. The van der Waals surface area contributed by atoms with Gasteiger partial charge in [0.2, 0.25) is 0 Å². The first-order valence-electron chi connectivity index (χ1n) is 9.99. The third kappa shape index (κ3) is 5.42. The van der Waals surface area contributed by atoms with Crippen LogP contribution in [0.15, 0.2) is 94.7 Å². The summed E-state index contributed by atoms with van der Waals surface area (Å²) in [5.41, 5.74) is 1.14. The van der Waals surface area contributed by atoms with Crippen LogP contribution >= 0.6 is 10.3 Å². The molecule has 0 bridgehead atoms. The Morgan fingerprint density at radius 2 is 1.38 bits per heavy atom. The van der Waals surface area contributed by atoms with Crippen LogP contribution in [0.25, 0.3) is 0 Å². The van der Waals surface area contributed by atoms with Gasteiger partial charge in [-0.05, 0) is 48.4 Å². The summed E-state index contributed by atoms with van der Waals surface area (Å²) in [7, 11) is -1.97. The first-order valence-corrected chi connectivity index (χ1v) is 11.7. The Balaban J connectivity index is 1.98. The highest BCUT2D eigenvalue weighted by Gasteiger charge is 2.39. The van der Waals surface area contributed by atoms with Gasteiger partial charge in [-0.3, -0.25) is 4.18 Å². The summed E-state index contributed by atoms with van der Waals surface area (Å²) in [6.45, 7) is 4.49. The average Bonchev–Trinajstić information content (AvgIpc) is 2.75. The Kier molecular flexibility index (Phi) is 7.36. The fourth-order valence-corrected chi connectivity index (χ4v) is 6.29. The van der Waals surface area contributed by atoms with E-state index >= 15 is 0 Å². The van der Waals surface area contributed by atoms with Crippen molar-refractivity contribution in [1.29, 1.82) is 0 Å². The third-order valence-corrected chi connectivity index (χ3v) is 7.90. The smallest absolute Gasteiger partial charge is 0.492 e. The molecule has 0 aliphatic heterocycles. The van der Waals surface area contributed by atoms with Crippen molar-refractivity contribution in [1.82, 2.24) is 0 Å². The molecule has 0 saturated carbocycles. The highest BCUT2D eigenvalue weighted by Crippen LogP contribution is 2.65. The van der Waals surface area contributed by atoms with Crippen LogP contribution in [0.4, 0.5) is 0 Å². The fraction of sp³-hybridized carbons (Fsp3) is 0.240. The zero-order valence-electron chi connectivity index (χ0n) is 17.1. The molecule has 0 heterocycles. The minimum atomic E-state index is -1.97. The normalized spacial score (nSPS) is 11.7. The van der Waals surface area contributed by atoms with Gasteiger partial charge in [0.1, 0.15) is 5.75 Å². The van der Waals surface area contributed by atoms with Crippen LogP contribution in [0, 0.1) is 0 Å². The number of rotatable bonds is 9. The van der Waals surface area contributed by atoms with Gasteiger partial charge in [0, 0.05) is 0 Å². The van der Waals surface area contributed by atoms with Gasteiger partial charge < -0.3 is 9.53 Å². The molecule has 3 aromatic carbocycles. The van der Waals surface area contributed by atoms with Crippen LogP contribution in [-0.4, -0.2) is 17.4 Å². The van der Waals surface area contributed by atoms with E-state index in [0.717, 1.165) is 40.6 Å². The van der Waals surface area contributed by atoms with Crippen LogP contribution in [0.1, 0.15) is 32.3 Å². The summed E-state index contributed by atoms with van der Waals surface area (Å²) in [6, 6.07) is 28.6. The molecule has 3 rings (SSSR count). The first-order chi connectivity index (χ1) is 14.1. The van der Waals surface area contributed by atoms with Crippen molar-refractivity contribution in [3.05, 3.63) is 90.5 Å². The van der Waals surface area contributed by atoms with Gasteiger partial charge in [0.15, 0.2) is 0 Å². The Morgan fingerprint density at radius 3 is 1.86 bits per heavy atom. The van der Waals surface area contributed by atoms with Gasteiger partial charge in [-0.25, -0.2) is 0 Å². The van der Waals surface area contributed by atoms with Crippen molar-refractivity contribution in [2.45, 2.75) is 42.2 Å². The van der Waals surface area contributed by atoms with Crippen molar-refractivity contribution < 1.29 is 13.7 Å². The SMILES string of the molecule is CCCCOc1ccc(CS(OC(C)=[OH+])(c2ccccc2)c2ccccc2)cc1. The van der Waals surface area contributed by atoms with Crippen molar-refractivity contribution in [3.8, 4) is 5.75 Å². The largest absolute Gasteiger partial charge is 0.494 e. The topological polar surface area (TPSA) is 39.9 Å². The van der Waals surface area contributed by atoms with Crippen LogP contribution in [-0.2, 0) is 9.94 Å². The zero-order valence-corrected chi connectivity index (χ0v) is 17.9. The molecule has 0 saturated heterocycles. The molecular weight excluding hydrogens is 380 g/mol.